The number of hydrogen-bond donors (Lipinski definition) is 1. The first-order valence-electron chi connectivity index (χ1n) is 9.79. The summed E-state index contributed by atoms with van der Waals surface area (Å²) in [5.74, 6) is -0.833. The van der Waals surface area contributed by atoms with Crippen LogP contribution in [-0.4, -0.2) is 5.78 Å². The molecule has 32 heavy (non-hydrogen) atoms. The number of hydrogen-bond acceptors (Lipinski definition) is 5. The van der Waals surface area contributed by atoms with Crippen LogP contribution < -0.4 is 10.6 Å². The predicted octanol–water partition coefficient (Wildman–Crippen LogP) is 6.36. The van der Waals surface area contributed by atoms with Gasteiger partial charge in [0.05, 0.1) is 33.8 Å². The van der Waals surface area contributed by atoms with Crippen LogP contribution in [0.15, 0.2) is 57.7 Å². The Bertz CT molecular complexity index is 1210. The average Bonchev–Trinajstić information content (AvgIpc) is 3.20. The van der Waals surface area contributed by atoms with E-state index in [2.05, 4.69) is 6.07 Å². The average molecular weight is 478 g/mol. The number of nitrogens with two attached hydrogens (primary N) is 1. The Hall–Kier alpha value is -2.76. The number of benzene rings is 1. The molecule has 0 unspecified atom stereocenters. The zero-order chi connectivity index (χ0) is 23.4. The Labute approximate surface area is 192 Å². The lowest BCUT2D eigenvalue weighted by Crippen LogP contribution is -2.42. The van der Waals surface area contributed by atoms with Crippen molar-refractivity contribution < 1.29 is 18.0 Å². The topological polar surface area (TPSA) is 70.1 Å². The molecule has 0 spiro atoms. The summed E-state index contributed by atoms with van der Waals surface area (Å²) in [4.78, 5) is 14.7. The Morgan fingerprint density at radius 1 is 1.28 bits per heavy atom. The van der Waals surface area contributed by atoms with E-state index in [1.165, 1.54) is 16.2 Å². The van der Waals surface area contributed by atoms with Crippen LogP contribution in [0.4, 0.5) is 18.9 Å². The number of anilines is 1. The van der Waals surface area contributed by atoms with Crippen molar-refractivity contribution in [3.63, 3.8) is 0 Å². The summed E-state index contributed by atoms with van der Waals surface area (Å²) >= 11 is 7.76. The highest BCUT2D eigenvalue weighted by molar-refractivity contribution is 7.08. The maximum absolute atomic E-state index is 13.5. The highest BCUT2D eigenvalue weighted by atomic mass is 35.5. The maximum atomic E-state index is 13.5. The summed E-state index contributed by atoms with van der Waals surface area (Å²) in [7, 11) is 0. The van der Waals surface area contributed by atoms with Gasteiger partial charge in [0.2, 0.25) is 0 Å². The molecule has 0 radical (unpaired) electrons. The van der Waals surface area contributed by atoms with Gasteiger partial charge >= 0.3 is 6.18 Å². The number of alkyl halides is 3. The van der Waals surface area contributed by atoms with E-state index in [1.807, 2.05) is 30.7 Å². The number of nitrogens with zero attached hydrogens (tertiary/aromatic N) is 2. The third-order valence-corrected chi connectivity index (χ3v) is 6.79. The molecule has 9 heteroatoms. The van der Waals surface area contributed by atoms with Gasteiger partial charge in [-0.3, -0.25) is 9.69 Å². The first kappa shape index (κ1) is 22.4. The van der Waals surface area contributed by atoms with Crippen LogP contribution >= 0.6 is 22.9 Å². The molecule has 0 fully saturated rings. The summed E-state index contributed by atoms with van der Waals surface area (Å²) in [5, 5.41) is 13.7. The van der Waals surface area contributed by atoms with Crippen molar-refractivity contribution in [1.82, 2.24) is 0 Å². The van der Waals surface area contributed by atoms with E-state index >= 15 is 0 Å². The van der Waals surface area contributed by atoms with E-state index in [-0.39, 0.29) is 34.3 Å². The van der Waals surface area contributed by atoms with Gasteiger partial charge in [-0.2, -0.15) is 29.8 Å². The van der Waals surface area contributed by atoms with Crippen LogP contribution in [0.25, 0.3) is 0 Å². The lowest BCUT2D eigenvalue weighted by Gasteiger charge is -2.44. The molecule has 0 saturated carbocycles. The van der Waals surface area contributed by atoms with Crippen LogP contribution in [0.3, 0.4) is 0 Å². The smallest absolute Gasteiger partial charge is 0.384 e. The summed E-state index contributed by atoms with van der Waals surface area (Å²) in [6, 6.07) is 6.87. The summed E-state index contributed by atoms with van der Waals surface area (Å²) in [6.07, 6.45) is -3.94. The van der Waals surface area contributed by atoms with Gasteiger partial charge in [0, 0.05) is 17.7 Å². The number of ketones is 1. The van der Waals surface area contributed by atoms with Crippen molar-refractivity contribution >= 4 is 34.4 Å². The fourth-order valence-electron chi connectivity index (χ4n) is 4.42. The molecular formula is C23H19ClF3N3OS. The Morgan fingerprint density at radius 3 is 2.59 bits per heavy atom. The molecule has 4 nitrogen and oxygen atoms in total. The molecule has 4 rings (SSSR count). The molecule has 2 aromatic rings. The van der Waals surface area contributed by atoms with Crippen molar-refractivity contribution in [2.45, 2.75) is 38.8 Å². The van der Waals surface area contributed by atoms with Crippen molar-refractivity contribution in [1.29, 1.82) is 5.26 Å². The van der Waals surface area contributed by atoms with E-state index < -0.39 is 23.1 Å². The predicted molar refractivity (Wildman–Crippen MR) is 118 cm³/mol. The molecule has 2 N–H and O–H groups in total. The molecule has 1 atom stereocenters. The van der Waals surface area contributed by atoms with Gasteiger partial charge in [-0.25, -0.2) is 0 Å². The standard InChI is InChI=1S/C23H19ClF3N3OS/c1-22(2)8-17-20(18(31)9-22)19(12-5-6-32-11-12)14(10-28)21(29)30(17)16-7-13(23(25,26)27)3-4-15(16)24/h3-7,11,19H,8-9,29H2,1-2H3/t19-/m1/s1. The number of carbonyl (C=O) groups excluding carboxylic acids is 1. The highest BCUT2D eigenvalue weighted by Crippen LogP contribution is 2.51. The van der Waals surface area contributed by atoms with Crippen LogP contribution in [0, 0.1) is 16.7 Å². The van der Waals surface area contributed by atoms with Crippen LogP contribution in [0.1, 0.15) is 43.7 Å². The fraction of sp³-hybridized carbons (Fsp3) is 0.304. The van der Waals surface area contributed by atoms with Gasteiger partial charge in [-0.1, -0.05) is 25.4 Å². The van der Waals surface area contributed by atoms with Crippen molar-refractivity contribution in [2.24, 2.45) is 11.1 Å². The van der Waals surface area contributed by atoms with Gasteiger partial charge in [0.1, 0.15) is 5.82 Å². The van der Waals surface area contributed by atoms with Crippen molar-refractivity contribution in [2.75, 3.05) is 4.90 Å². The second-order valence-electron chi connectivity index (χ2n) is 8.70. The second kappa shape index (κ2) is 7.68. The fourth-order valence-corrected chi connectivity index (χ4v) is 5.31. The van der Waals surface area contributed by atoms with Crippen LogP contribution in [-0.2, 0) is 11.0 Å². The first-order valence-corrected chi connectivity index (χ1v) is 11.1. The Balaban J connectivity index is 2.02. The molecule has 2 heterocycles. The minimum atomic E-state index is -4.59. The van der Waals surface area contributed by atoms with E-state index in [0.29, 0.717) is 17.7 Å². The number of allylic oxidation sites excluding steroid dienone is 3. The minimum absolute atomic E-state index is 0.00601. The van der Waals surface area contributed by atoms with Gasteiger partial charge < -0.3 is 5.73 Å². The highest BCUT2D eigenvalue weighted by Gasteiger charge is 2.45. The van der Waals surface area contributed by atoms with E-state index in [0.717, 1.165) is 23.8 Å². The Kier molecular flexibility index (Phi) is 5.38. The van der Waals surface area contributed by atoms with Gasteiger partial charge in [0.15, 0.2) is 5.78 Å². The van der Waals surface area contributed by atoms with Crippen LogP contribution in [0.2, 0.25) is 5.02 Å². The molecule has 0 saturated heterocycles. The van der Waals surface area contributed by atoms with Gasteiger partial charge in [0.25, 0.3) is 0 Å². The van der Waals surface area contributed by atoms with E-state index in [9.17, 15) is 23.2 Å². The molecule has 0 bridgehead atoms. The maximum Gasteiger partial charge on any atom is 0.416 e. The monoisotopic (exact) mass is 477 g/mol. The summed E-state index contributed by atoms with van der Waals surface area (Å²) in [6.45, 7) is 3.83. The molecule has 1 aromatic heterocycles. The largest absolute Gasteiger partial charge is 0.416 e. The second-order valence-corrected chi connectivity index (χ2v) is 9.89. The summed E-state index contributed by atoms with van der Waals surface area (Å²) < 4.78 is 40.4. The molecule has 1 aromatic carbocycles. The van der Waals surface area contributed by atoms with Crippen molar-refractivity contribution in [3.05, 3.63) is 73.8 Å². The zero-order valence-corrected chi connectivity index (χ0v) is 18.8. The van der Waals surface area contributed by atoms with Gasteiger partial charge in [-0.05, 0) is 52.4 Å². The minimum Gasteiger partial charge on any atom is -0.384 e. The number of rotatable bonds is 2. The number of thiophene rings is 1. The molecule has 1 aliphatic carbocycles. The number of nitriles is 1. The lowest BCUT2D eigenvalue weighted by molar-refractivity contribution is -0.137. The lowest BCUT2D eigenvalue weighted by atomic mass is 9.69. The molecular weight excluding hydrogens is 459 g/mol. The van der Waals surface area contributed by atoms with Crippen molar-refractivity contribution in [3.8, 4) is 6.07 Å². The number of carbonyl (C=O) groups is 1. The summed E-state index contributed by atoms with van der Waals surface area (Å²) in [5.41, 5.74) is 6.84. The SMILES string of the molecule is CC1(C)CC(=O)C2=C(C1)N(c1cc(C(F)(F)F)ccc1Cl)C(N)=C(C#N)[C@H]2c1ccsc1. The third kappa shape index (κ3) is 3.70. The van der Waals surface area contributed by atoms with E-state index in [4.69, 9.17) is 17.3 Å². The van der Waals surface area contributed by atoms with E-state index in [1.54, 1.807) is 0 Å². The third-order valence-electron chi connectivity index (χ3n) is 5.77. The molecule has 0 amide bonds. The zero-order valence-electron chi connectivity index (χ0n) is 17.3. The number of halogens is 4. The Morgan fingerprint density at radius 2 is 2.00 bits per heavy atom. The number of Topliss-reactive ketones (excluding diaryl/α,β-unsaturated/α-hetero) is 1. The molecule has 1 aliphatic heterocycles. The molecule has 2 aliphatic rings. The van der Waals surface area contributed by atoms with Gasteiger partial charge in [-0.15, -0.1) is 0 Å². The quantitative estimate of drug-likeness (QED) is 0.546. The molecule has 166 valence electrons. The van der Waals surface area contributed by atoms with Crippen LogP contribution in [0.5, 0.6) is 0 Å². The first-order chi connectivity index (χ1) is 14.9. The normalized spacial score (nSPS) is 21.0.